The molecule has 6 heteroatoms. The number of nitrogens with one attached hydrogen (secondary N) is 1. The highest BCUT2D eigenvalue weighted by molar-refractivity contribution is 9.10. The summed E-state index contributed by atoms with van der Waals surface area (Å²) in [5, 5.41) is 7.09. The van der Waals surface area contributed by atoms with Gasteiger partial charge in [-0.2, -0.15) is 5.10 Å². The van der Waals surface area contributed by atoms with Crippen LogP contribution >= 0.6 is 15.9 Å². The zero-order valence-corrected chi connectivity index (χ0v) is 12.4. The van der Waals surface area contributed by atoms with Gasteiger partial charge in [0.15, 0.2) is 0 Å². The van der Waals surface area contributed by atoms with Crippen LogP contribution in [0.4, 0.5) is 11.4 Å². The quantitative estimate of drug-likeness (QED) is 0.853. The first-order valence-corrected chi connectivity index (χ1v) is 6.61. The molecular formula is C13H15BrN4O. The van der Waals surface area contributed by atoms with Crippen LogP contribution < -0.4 is 11.1 Å². The van der Waals surface area contributed by atoms with Crippen molar-refractivity contribution in [2.24, 2.45) is 0 Å². The highest BCUT2D eigenvalue weighted by Crippen LogP contribution is 2.19. The van der Waals surface area contributed by atoms with Crippen LogP contribution in [0.1, 0.15) is 11.4 Å². The Bertz CT molecular complexity index is 621. The van der Waals surface area contributed by atoms with Gasteiger partial charge in [-0.3, -0.25) is 9.48 Å². The maximum absolute atomic E-state index is 11.9. The lowest BCUT2D eigenvalue weighted by molar-refractivity contribution is -0.116. The van der Waals surface area contributed by atoms with Crippen molar-refractivity contribution in [3.05, 3.63) is 40.1 Å². The molecule has 1 amide bonds. The highest BCUT2D eigenvalue weighted by Gasteiger charge is 2.11. The number of nitrogens with zero attached hydrogens (tertiary/aromatic N) is 2. The molecule has 1 aromatic carbocycles. The Morgan fingerprint density at radius 2 is 2.21 bits per heavy atom. The summed E-state index contributed by atoms with van der Waals surface area (Å²) in [6.07, 6.45) is 0. The number of aryl methyl sites for hydroxylation is 1. The number of anilines is 2. The Morgan fingerprint density at radius 3 is 2.79 bits per heavy atom. The molecule has 2 rings (SSSR count). The topological polar surface area (TPSA) is 72.9 Å². The predicted molar refractivity (Wildman–Crippen MR) is 78.9 cm³/mol. The second kappa shape index (κ2) is 5.44. The number of carbonyl (C=O) groups excluding carboxylic acids is 1. The van der Waals surface area contributed by atoms with E-state index in [4.69, 9.17) is 5.73 Å². The first-order chi connectivity index (χ1) is 8.97. The molecule has 0 spiro atoms. The molecule has 0 aliphatic rings. The summed E-state index contributed by atoms with van der Waals surface area (Å²) in [6, 6.07) is 7.08. The van der Waals surface area contributed by atoms with Crippen LogP contribution in [0.3, 0.4) is 0 Å². The largest absolute Gasteiger partial charge is 0.399 e. The third kappa shape index (κ3) is 3.14. The van der Waals surface area contributed by atoms with Crippen LogP contribution in [0, 0.1) is 13.8 Å². The minimum Gasteiger partial charge on any atom is -0.399 e. The fourth-order valence-corrected chi connectivity index (χ4v) is 2.07. The van der Waals surface area contributed by atoms with Crippen molar-refractivity contribution in [1.82, 2.24) is 9.78 Å². The molecule has 2 aromatic rings. The highest BCUT2D eigenvalue weighted by atomic mass is 79.9. The summed E-state index contributed by atoms with van der Waals surface area (Å²) in [5.74, 6) is -0.135. The monoisotopic (exact) mass is 322 g/mol. The summed E-state index contributed by atoms with van der Waals surface area (Å²) in [4.78, 5) is 11.9. The number of nitrogen functional groups attached to an aromatic ring is 1. The Labute approximate surface area is 119 Å². The molecule has 3 N–H and O–H groups in total. The van der Waals surface area contributed by atoms with E-state index in [9.17, 15) is 4.79 Å². The molecule has 0 unspecified atom stereocenters. The Balaban J connectivity index is 2.07. The molecule has 0 fully saturated rings. The fraction of sp³-hybridized carbons (Fsp3) is 0.231. The van der Waals surface area contributed by atoms with Gasteiger partial charge in [-0.25, -0.2) is 0 Å². The van der Waals surface area contributed by atoms with E-state index in [0.29, 0.717) is 11.4 Å². The van der Waals surface area contributed by atoms with E-state index in [1.54, 1.807) is 28.9 Å². The molecule has 0 atom stereocenters. The van der Waals surface area contributed by atoms with Gasteiger partial charge in [0.1, 0.15) is 6.54 Å². The first kappa shape index (κ1) is 13.6. The Kier molecular flexibility index (Phi) is 3.90. The van der Waals surface area contributed by atoms with E-state index in [2.05, 4.69) is 26.3 Å². The third-order valence-corrected chi connectivity index (χ3v) is 3.90. The summed E-state index contributed by atoms with van der Waals surface area (Å²) >= 11 is 3.43. The number of amides is 1. The van der Waals surface area contributed by atoms with Gasteiger partial charge >= 0.3 is 0 Å². The van der Waals surface area contributed by atoms with Crippen LogP contribution in [0.25, 0.3) is 0 Å². The van der Waals surface area contributed by atoms with E-state index in [1.807, 2.05) is 13.8 Å². The Morgan fingerprint density at radius 1 is 1.47 bits per heavy atom. The lowest BCUT2D eigenvalue weighted by Gasteiger charge is -2.07. The number of benzene rings is 1. The van der Waals surface area contributed by atoms with Gasteiger partial charge in [-0.1, -0.05) is 6.07 Å². The van der Waals surface area contributed by atoms with Crippen LogP contribution in [0.15, 0.2) is 28.7 Å². The number of carbonyl (C=O) groups is 1. The predicted octanol–water partition coefficient (Wildman–Crippen LogP) is 2.48. The summed E-state index contributed by atoms with van der Waals surface area (Å²) < 4.78 is 2.60. The van der Waals surface area contributed by atoms with Gasteiger partial charge in [0, 0.05) is 11.4 Å². The summed E-state index contributed by atoms with van der Waals surface area (Å²) in [7, 11) is 0. The molecule has 0 saturated carbocycles. The van der Waals surface area contributed by atoms with E-state index < -0.39 is 0 Å². The molecule has 0 saturated heterocycles. The normalized spacial score (nSPS) is 10.5. The smallest absolute Gasteiger partial charge is 0.246 e. The fourth-order valence-electron chi connectivity index (χ4n) is 1.78. The molecule has 1 heterocycles. The molecule has 0 bridgehead atoms. The number of hydrogen-bond donors (Lipinski definition) is 2. The zero-order valence-electron chi connectivity index (χ0n) is 10.8. The van der Waals surface area contributed by atoms with Gasteiger partial charge in [-0.15, -0.1) is 0 Å². The lowest BCUT2D eigenvalue weighted by atomic mass is 10.3. The average Bonchev–Trinajstić information content (AvgIpc) is 2.57. The van der Waals surface area contributed by atoms with Crippen LogP contribution in [-0.2, 0) is 11.3 Å². The summed E-state index contributed by atoms with van der Waals surface area (Å²) in [6.45, 7) is 3.98. The van der Waals surface area contributed by atoms with Crippen LogP contribution in [-0.4, -0.2) is 15.7 Å². The third-order valence-electron chi connectivity index (χ3n) is 2.76. The maximum Gasteiger partial charge on any atom is 0.246 e. The second-order valence-corrected chi connectivity index (χ2v) is 5.11. The molecule has 0 aliphatic heterocycles. The van der Waals surface area contributed by atoms with Crippen LogP contribution in [0.5, 0.6) is 0 Å². The molecule has 5 nitrogen and oxygen atoms in total. The van der Waals surface area contributed by atoms with Crippen molar-refractivity contribution in [2.75, 3.05) is 11.1 Å². The number of hydrogen-bond acceptors (Lipinski definition) is 3. The number of nitrogens with two attached hydrogens (primary N) is 1. The van der Waals surface area contributed by atoms with Crippen molar-refractivity contribution in [3.63, 3.8) is 0 Å². The molecule has 19 heavy (non-hydrogen) atoms. The molecule has 100 valence electrons. The molecule has 0 radical (unpaired) electrons. The molecular weight excluding hydrogens is 308 g/mol. The van der Waals surface area contributed by atoms with Crippen LogP contribution in [0.2, 0.25) is 0 Å². The van der Waals surface area contributed by atoms with E-state index in [-0.39, 0.29) is 12.5 Å². The Hall–Kier alpha value is -1.82. The standard InChI is InChI=1S/C13H15BrN4O/c1-8-13(14)9(2)18(17-8)7-12(19)16-11-5-3-4-10(15)6-11/h3-6H,7,15H2,1-2H3,(H,16,19). The number of rotatable bonds is 3. The molecule has 1 aromatic heterocycles. The minimum atomic E-state index is -0.135. The number of halogens is 1. The van der Waals surface area contributed by atoms with Crippen molar-refractivity contribution < 1.29 is 4.79 Å². The van der Waals surface area contributed by atoms with Crippen molar-refractivity contribution in [3.8, 4) is 0 Å². The minimum absolute atomic E-state index is 0.135. The van der Waals surface area contributed by atoms with Crippen molar-refractivity contribution >= 4 is 33.2 Å². The van der Waals surface area contributed by atoms with Crippen molar-refractivity contribution in [1.29, 1.82) is 0 Å². The van der Waals surface area contributed by atoms with E-state index in [1.165, 1.54) is 0 Å². The van der Waals surface area contributed by atoms with E-state index >= 15 is 0 Å². The van der Waals surface area contributed by atoms with Gasteiger partial charge < -0.3 is 11.1 Å². The first-order valence-electron chi connectivity index (χ1n) is 5.82. The van der Waals surface area contributed by atoms with Gasteiger partial charge in [0.2, 0.25) is 5.91 Å². The zero-order chi connectivity index (χ0) is 14.0. The number of aromatic nitrogens is 2. The maximum atomic E-state index is 11.9. The van der Waals surface area contributed by atoms with Gasteiger partial charge in [0.25, 0.3) is 0 Å². The summed E-state index contributed by atoms with van der Waals surface area (Å²) in [5.41, 5.74) is 8.76. The van der Waals surface area contributed by atoms with Crippen molar-refractivity contribution in [2.45, 2.75) is 20.4 Å². The van der Waals surface area contributed by atoms with Gasteiger partial charge in [-0.05, 0) is 48.0 Å². The van der Waals surface area contributed by atoms with E-state index in [0.717, 1.165) is 15.9 Å². The second-order valence-electron chi connectivity index (χ2n) is 4.32. The van der Waals surface area contributed by atoms with Gasteiger partial charge in [0.05, 0.1) is 15.9 Å². The average molecular weight is 323 g/mol. The SMILES string of the molecule is Cc1nn(CC(=O)Nc2cccc(N)c2)c(C)c1Br. The molecule has 0 aliphatic carbocycles. The lowest BCUT2D eigenvalue weighted by Crippen LogP contribution is -2.20.